The van der Waals surface area contributed by atoms with Gasteiger partial charge in [-0.3, -0.25) is 4.98 Å². The van der Waals surface area contributed by atoms with Gasteiger partial charge >= 0.3 is 6.09 Å². The average Bonchev–Trinajstić information content (AvgIpc) is 2.60. The van der Waals surface area contributed by atoms with Crippen LogP contribution in [0.4, 0.5) is 4.79 Å². The average molecular weight is 368 g/mol. The first-order valence-electron chi connectivity index (χ1n) is 9.38. The lowest BCUT2D eigenvalue weighted by atomic mass is 9.89. The highest BCUT2D eigenvalue weighted by Crippen LogP contribution is 2.41. The zero-order valence-corrected chi connectivity index (χ0v) is 16.8. The van der Waals surface area contributed by atoms with E-state index < -0.39 is 5.60 Å². The number of benzene rings is 1. The molecule has 1 aliphatic rings. The van der Waals surface area contributed by atoms with E-state index in [4.69, 9.17) is 9.47 Å². The monoisotopic (exact) mass is 368 g/mol. The largest absolute Gasteiger partial charge is 0.493 e. The van der Waals surface area contributed by atoms with Crippen molar-refractivity contribution >= 4 is 6.09 Å². The van der Waals surface area contributed by atoms with Gasteiger partial charge in [0.05, 0.1) is 6.61 Å². The second-order valence-corrected chi connectivity index (χ2v) is 8.06. The van der Waals surface area contributed by atoms with Gasteiger partial charge in [-0.2, -0.15) is 0 Å². The van der Waals surface area contributed by atoms with Crippen LogP contribution in [-0.2, 0) is 4.74 Å². The van der Waals surface area contributed by atoms with E-state index in [1.807, 2.05) is 33.8 Å². The first-order valence-corrected chi connectivity index (χ1v) is 9.38. The van der Waals surface area contributed by atoms with Crippen molar-refractivity contribution in [3.05, 3.63) is 47.8 Å². The molecule has 1 aromatic carbocycles. The molecule has 1 unspecified atom stereocenters. The van der Waals surface area contributed by atoms with Gasteiger partial charge in [-0.1, -0.05) is 24.3 Å². The molecule has 0 N–H and O–H groups in total. The number of aryl methyl sites for hydroxylation is 1. The molecule has 0 aliphatic carbocycles. The van der Waals surface area contributed by atoms with Gasteiger partial charge in [0.2, 0.25) is 0 Å². The molecule has 1 amide bonds. The van der Waals surface area contributed by atoms with Gasteiger partial charge in [0.1, 0.15) is 11.4 Å². The van der Waals surface area contributed by atoms with E-state index in [2.05, 4.69) is 29.2 Å². The van der Waals surface area contributed by atoms with E-state index in [9.17, 15) is 4.79 Å². The number of pyridine rings is 1. The van der Waals surface area contributed by atoms with Gasteiger partial charge in [-0.15, -0.1) is 0 Å². The number of hydrogen-bond acceptors (Lipinski definition) is 4. The van der Waals surface area contributed by atoms with Crippen LogP contribution in [0.5, 0.6) is 5.75 Å². The normalized spacial score (nSPS) is 16.3. The van der Waals surface area contributed by atoms with Gasteiger partial charge in [-0.05, 0) is 45.7 Å². The highest BCUT2D eigenvalue weighted by molar-refractivity contribution is 5.74. The smallest absolute Gasteiger partial charge is 0.410 e. The predicted octanol–water partition coefficient (Wildman–Crippen LogP) is 4.79. The summed E-state index contributed by atoms with van der Waals surface area (Å²) in [6.45, 7) is 8.88. The van der Waals surface area contributed by atoms with Crippen LogP contribution in [0.2, 0.25) is 0 Å². The number of likely N-dealkylation sites (N-methyl/N-ethyl adjacent to an activating group) is 1. The zero-order valence-electron chi connectivity index (χ0n) is 16.8. The molecule has 5 nitrogen and oxygen atoms in total. The van der Waals surface area contributed by atoms with Crippen molar-refractivity contribution < 1.29 is 14.3 Å². The summed E-state index contributed by atoms with van der Waals surface area (Å²) in [6.07, 6.45) is 2.37. The van der Waals surface area contributed by atoms with Crippen LogP contribution < -0.4 is 4.74 Å². The van der Waals surface area contributed by atoms with Crippen molar-refractivity contribution in [3.8, 4) is 16.9 Å². The van der Waals surface area contributed by atoms with E-state index in [-0.39, 0.29) is 12.0 Å². The molecule has 5 heteroatoms. The fraction of sp³-hybridized carbons (Fsp3) is 0.455. The maximum Gasteiger partial charge on any atom is 0.410 e. The molecule has 0 saturated carbocycles. The van der Waals surface area contributed by atoms with Crippen LogP contribution in [0.1, 0.15) is 44.4 Å². The van der Waals surface area contributed by atoms with Crippen LogP contribution >= 0.6 is 0 Å². The van der Waals surface area contributed by atoms with Crippen LogP contribution in [0.3, 0.4) is 0 Å². The summed E-state index contributed by atoms with van der Waals surface area (Å²) in [5, 5.41) is 0. The number of amides is 1. The lowest BCUT2D eigenvalue weighted by molar-refractivity contribution is 0.0281. The Morgan fingerprint density at radius 3 is 2.70 bits per heavy atom. The summed E-state index contributed by atoms with van der Waals surface area (Å²) >= 11 is 0. The van der Waals surface area contributed by atoms with Crippen molar-refractivity contribution in [2.24, 2.45) is 0 Å². The number of hydrogen-bond donors (Lipinski definition) is 0. The molecule has 0 fully saturated rings. The van der Waals surface area contributed by atoms with Crippen LogP contribution in [0, 0.1) is 6.92 Å². The lowest BCUT2D eigenvalue weighted by Crippen LogP contribution is -2.37. The maximum atomic E-state index is 12.3. The molecule has 2 aromatic rings. The quantitative estimate of drug-likeness (QED) is 0.782. The first kappa shape index (κ1) is 19.2. The van der Waals surface area contributed by atoms with Crippen LogP contribution in [-0.4, -0.2) is 41.8 Å². The first-order chi connectivity index (χ1) is 12.8. The van der Waals surface area contributed by atoms with Gasteiger partial charge in [0, 0.05) is 42.5 Å². The molecule has 27 heavy (non-hydrogen) atoms. The summed E-state index contributed by atoms with van der Waals surface area (Å²) < 4.78 is 11.5. The Morgan fingerprint density at radius 1 is 1.26 bits per heavy atom. The molecule has 0 radical (unpaired) electrons. The Hall–Kier alpha value is -2.56. The molecule has 1 aliphatic heterocycles. The molecule has 2 heterocycles. The molecule has 144 valence electrons. The Labute approximate surface area is 161 Å². The van der Waals surface area contributed by atoms with Crippen LogP contribution in [0.15, 0.2) is 36.5 Å². The Kier molecular flexibility index (Phi) is 5.40. The number of aromatic nitrogens is 1. The van der Waals surface area contributed by atoms with Gasteiger partial charge in [0.15, 0.2) is 0 Å². The molecule has 3 rings (SSSR count). The summed E-state index contributed by atoms with van der Waals surface area (Å²) in [7, 11) is 1.79. The van der Waals surface area contributed by atoms with E-state index in [0.717, 1.165) is 34.6 Å². The molecule has 1 aromatic heterocycles. The van der Waals surface area contributed by atoms with Gasteiger partial charge < -0.3 is 14.4 Å². The molecule has 0 bridgehead atoms. The van der Waals surface area contributed by atoms with E-state index in [0.29, 0.717) is 13.2 Å². The molecule has 0 spiro atoms. The fourth-order valence-electron chi connectivity index (χ4n) is 3.41. The van der Waals surface area contributed by atoms with Gasteiger partial charge in [-0.25, -0.2) is 4.79 Å². The Balaban J connectivity index is 1.86. The minimum absolute atomic E-state index is 0.211. The predicted molar refractivity (Wildman–Crippen MR) is 106 cm³/mol. The number of ether oxygens (including phenoxy) is 2. The standard InChI is InChI=1S/C22H28N2O3/c1-15-17(10-7-12-23-15)19-9-6-8-18-16(11-13-26-20(18)19)14-24(5)21(25)27-22(2,3)4/h6-10,12,16H,11,13-14H2,1-5H3. The third-order valence-corrected chi connectivity index (χ3v) is 4.69. The SMILES string of the molecule is Cc1ncccc1-c1cccc2c1OCCC2CN(C)C(=O)OC(C)(C)C. The summed E-state index contributed by atoms with van der Waals surface area (Å²) in [6, 6.07) is 10.2. The second-order valence-electron chi connectivity index (χ2n) is 8.06. The number of rotatable bonds is 3. The van der Waals surface area contributed by atoms with E-state index >= 15 is 0 Å². The topological polar surface area (TPSA) is 51.7 Å². The Bertz CT molecular complexity index is 827. The summed E-state index contributed by atoms with van der Waals surface area (Å²) in [5.41, 5.74) is 3.75. The minimum atomic E-state index is -0.496. The molecular formula is C22H28N2O3. The number of fused-ring (bicyclic) bond motifs is 1. The number of nitrogens with zero attached hydrogens (tertiary/aromatic N) is 2. The highest BCUT2D eigenvalue weighted by atomic mass is 16.6. The fourth-order valence-corrected chi connectivity index (χ4v) is 3.41. The lowest BCUT2D eigenvalue weighted by Gasteiger charge is -2.32. The van der Waals surface area contributed by atoms with Crippen molar-refractivity contribution in [2.75, 3.05) is 20.2 Å². The van der Waals surface area contributed by atoms with Crippen molar-refractivity contribution in [1.82, 2.24) is 9.88 Å². The second kappa shape index (κ2) is 7.59. The van der Waals surface area contributed by atoms with Crippen molar-refractivity contribution in [2.45, 2.75) is 45.6 Å². The van der Waals surface area contributed by atoms with E-state index in [1.165, 1.54) is 0 Å². The highest BCUT2D eigenvalue weighted by Gasteiger charge is 2.28. The molecule has 0 saturated heterocycles. The maximum absolute atomic E-state index is 12.3. The van der Waals surface area contributed by atoms with E-state index in [1.54, 1.807) is 18.1 Å². The molecular weight excluding hydrogens is 340 g/mol. The van der Waals surface area contributed by atoms with Crippen molar-refractivity contribution in [1.29, 1.82) is 0 Å². The summed E-state index contributed by atoms with van der Waals surface area (Å²) in [5.74, 6) is 1.12. The molecule has 1 atom stereocenters. The number of carbonyl (C=O) groups is 1. The number of carbonyl (C=O) groups excluding carboxylic acids is 1. The van der Waals surface area contributed by atoms with Crippen molar-refractivity contribution in [3.63, 3.8) is 0 Å². The zero-order chi connectivity index (χ0) is 19.6. The van der Waals surface area contributed by atoms with Crippen LogP contribution in [0.25, 0.3) is 11.1 Å². The number of para-hydroxylation sites is 1. The summed E-state index contributed by atoms with van der Waals surface area (Å²) in [4.78, 5) is 18.4. The third-order valence-electron chi connectivity index (χ3n) is 4.69. The third kappa shape index (κ3) is 4.41. The Morgan fingerprint density at radius 2 is 2.00 bits per heavy atom. The van der Waals surface area contributed by atoms with Gasteiger partial charge in [0.25, 0.3) is 0 Å². The minimum Gasteiger partial charge on any atom is -0.493 e.